The molecule has 0 spiro atoms. The summed E-state index contributed by atoms with van der Waals surface area (Å²) in [6.45, 7) is 0.439. The van der Waals surface area contributed by atoms with E-state index in [-0.39, 0.29) is 5.82 Å². The van der Waals surface area contributed by atoms with Gasteiger partial charge in [-0.1, -0.05) is 28.4 Å². The van der Waals surface area contributed by atoms with Crippen molar-refractivity contribution in [3.8, 4) is 11.4 Å². The highest BCUT2D eigenvalue weighted by Gasteiger charge is 2.14. The Morgan fingerprint density at radius 3 is 2.79 bits per heavy atom. The van der Waals surface area contributed by atoms with Crippen LogP contribution in [0.3, 0.4) is 0 Å². The molecule has 6 nitrogen and oxygen atoms in total. The summed E-state index contributed by atoms with van der Waals surface area (Å²) >= 11 is 5.73. The molecule has 3 heterocycles. The highest BCUT2D eigenvalue weighted by atomic mass is 35.5. The van der Waals surface area contributed by atoms with Gasteiger partial charge in [-0.05, 0) is 29.4 Å². The largest absolute Gasteiger partial charge is 0.333 e. The number of aromatic amines is 1. The third-order valence-corrected chi connectivity index (χ3v) is 3.71. The van der Waals surface area contributed by atoms with Crippen LogP contribution in [0.4, 0.5) is 4.39 Å². The predicted molar refractivity (Wildman–Crippen MR) is 85.6 cm³/mol. The van der Waals surface area contributed by atoms with Gasteiger partial charge < -0.3 is 4.98 Å². The number of rotatable bonds is 3. The molecule has 4 rings (SSSR count). The highest BCUT2D eigenvalue weighted by Crippen LogP contribution is 2.21. The van der Waals surface area contributed by atoms with Crippen LogP contribution in [0.2, 0.25) is 5.15 Å². The van der Waals surface area contributed by atoms with Crippen LogP contribution >= 0.6 is 11.6 Å². The minimum Gasteiger partial charge on any atom is -0.333 e. The molecule has 0 unspecified atom stereocenters. The standard InChI is InChI=1S/C16H10ClFN6/c17-15-6-5-10(22-23-15)8-24-9-14-13(7-19-24)20-16(21-14)11-3-1-2-4-12(11)18/h1-7,9H,8H2/p+1. The van der Waals surface area contributed by atoms with Gasteiger partial charge in [0, 0.05) is 0 Å². The first-order valence-corrected chi connectivity index (χ1v) is 7.55. The topological polar surface area (TPSA) is 71.2 Å². The molecule has 1 aromatic carbocycles. The van der Waals surface area contributed by atoms with Crippen molar-refractivity contribution in [2.45, 2.75) is 6.54 Å². The molecule has 0 radical (unpaired) electrons. The third-order valence-electron chi connectivity index (χ3n) is 3.51. The summed E-state index contributed by atoms with van der Waals surface area (Å²) in [4.78, 5) is 7.51. The second-order valence-corrected chi connectivity index (χ2v) is 5.57. The first-order chi connectivity index (χ1) is 11.7. The van der Waals surface area contributed by atoms with E-state index < -0.39 is 0 Å². The smallest absolute Gasteiger partial charge is 0.222 e. The maximum atomic E-state index is 13.9. The Morgan fingerprint density at radius 1 is 1.12 bits per heavy atom. The van der Waals surface area contributed by atoms with Crippen LogP contribution in [0.15, 0.2) is 48.8 Å². The number of nitrogens with one attached hydrogen (secondary N) is 1. The lowest BCUT2D eigenvalue weighted by atomic mass is 10.2. The molecule has 3 aromatic heterocycles. The number of nitrogens with zero attached hydrogens (tertiary/aromatic N) is 5. The Balaban J connectivity index is 1.68. The van der Waals surface area contributed by atoms with E-state index in [1.165, 1.54) is 6.07 Å². The SMILES string of the molecule is Fc1ccccc1-c1nc2cn[n+](Cc3ccc(Cl)nn3)cc2[nH]1. The second kappa shape index (κ2) is 5.93. The summed E-state index contributed by atoms with van der Waals surface area (Å²) in [6, 6.07) is 9.95. The molecule has 24 heavy (non-hydrogen) atoms. The maximum Gasteiger partial charge on any atom is 0.222 e. The molecule has 0 atom stereocenters. The summed E-state index contributed by atoms with van der Waals surface area (Å²) in [7, 11) is 0. The lowest BCUT2D eigenvalue weighted by Gasteiger charge is -1.96. The van der Waals surface area contributed by atoms with Gasteiger partial charge in [0.25, 0.3) is 0 Å². The van der Waals surface area contributed by atoms with E-state index in [0.717, 1.165) is 11.2 Å². The molecule has 0 fully saturated rings. The molecule has 118 valence electrons. The zero-order valence-corrected chi connectivity index (χ0v) is 13.1. The number of benzene rings is 1. The molecule has 0 bridgehead atoms. The first-order valence-electron chi connectivity index (χ1n) is 7.17. The highest BCUT2D eigenvalue weighted by molar-refractivity contribution is 6.29. The van der Waals surface area contributed by atoms with Crippen LogP contribution in [0, 0.1) is 5.82 Å². The Bertz CT molecular complexity index is 1010. The van der Waals surface area contributed by atoms with Crippen LogP contribution in [-0.4, -0.2) is 25.3 Å². The Morgan fingerprint density at radius 2 is 2.00 bits per heavy atom. The Hall–Kier alpha value is -2.93. The van der Waals surface area contributed by atoms with Gasteiger partial charge >= 0.3 is 0 Å². The Labute approximate surface area is 141 Å². The molecule has 4 aromatic rings. The number of hydrogen-bond acceptors (Lipinski definition) is 4. The van der Waals surface area contributed by atoms with Gasteiger partial charge in [-0.25, -0.2) is 9.37 Å². The molecule has 0 saturated carbocycles. The van der Waals surface area contributed by atoms with Crippen molar-refractivity contribution in [3.63, 3.8) is 0 Å². The van der Waals surface area contributed by atoms with Gasteiger partial charge in [-0.15, -0.1) is 10.2 Å². The minimum absolute atomic E-state index is 0.325. The van der Waals surface area contributed by atoms with Crippen LogP contribution < -0.4 is 4.68 Å². The van der Waals surface area contributed by atoms with Crippen molar-refractivity contribution >= 4 is 22.6 Å². The van der Waals surface area contributed by atoms with Gasteiger partial charge in [0.1, 0.15) is 34.6 Å². The van der Waals surface area contributed by atoms with Crippen molar-refractivity contribution in [2.75, 3.05) is 0 Å². The molecule has 0 aliphatic heterocycles. The number of halogens is 2. The molecule has 0 aliphatic rings. The third kappa shape index (κ3) is 2.81. The second-order valence-electron chi connectivity index (χ2n) is 5.18. The Kier molecular flexibility index (Phi) is 3.62. The quantitative estimate of drug-likeness (QED) is 0.581. The van der Waals surface area contributed by atoms with Crippen molar-refractivity contribution in [1.29, 1.82) is 0 Å². The van der Waals surface area contributed by atoms with Gasteiger partial charge in [0.05, 0.1) is 5.56 Å². The van der Waals surface area contributed by atoms with Crippen LogP contribution in [0.1, 0.15) is 5.69 Å². The number of imidazole rings is 1. The van der Waals surface area contributed by atoms with Gasteiger partial charge in [-0.2, -0.15) is 0 Å². The molecular formula is C16H11ClFN6+. The zero-order chi connectivity index (χ0) is 16.5. The summed E-state index contributed by atoms with van der Waals surface area (Å²) < 4.78 is 15.6. The van der Waals surface area contributed by atoms with Gasteiger partial charge in [0.15, 0.2) is 5.15 Å². The van der Waals surface area contributed by atoms with E-state index in [1.54, 1.807) is 47.4 Å². The lowest BCUT2D eigenvalue weighted by Crippen LogP contribution is -2.38. The fraction of sp³-hybridized carbons (Fsp3) is 0.0625. The van der Waals surface area contributed by atoms with Crippen LogP contribution in [-0.2, 0) is 6.54 Å². The van der Waals surface area contributed by atoms with E-state index in [0.29, 0.717) is 28.6 Å². The van der Waals surface area contributed by atoms with Crippen molar-refractivity contribution in [1.82, 2.24) is 25.3 Å². The fourth-order valence-electron chi connectivity index (χ4n) is 2.37. The minimum atomic E-state index is -0.325. The van der Waals surface area contributed by atoms with Gasteiger partial charge in [-0.3, -0.25) is 0 Å². The summed E-state index contributed by atoms with van der Waals surface area (Å²) in [5.74, 6) is 0.141. The van der Waals surface area contributed by atoms with E-state index in [4.69, 9.17) is 11.6 Å². The van der Waals surface area contributed by atoms with Crippen molar-refractivity contribution in [3.05, 3.63) is 65.5 Å². The number of fused-ring (bicyclic) bond motifs is 1. The van der Waals surface area contributed by atoms with Crippen molar-refractivity contribution < 1.29 is 9.07 Å². The summed E-state index contributed by atoms with van der Waals surface area (Å²) in [5.41, 5.74) is 2.56. The average molecular weight is 342 g/mol. The zero-order valence-electron chi connectivity index (χ0n) is 12.3. The molecule has 0 saturated heterocycles. The van der Waals surface area contributed by atoms with Crippen LogP contribution in [0.5, 0.6) is 0 Å². The molecular weight excluding hydrogens is 331 g/mol. The first kappa shape index (κ1) is 14.6. The predicted octanol–water partition coefficient (Wildman–Crippen LogP) is 2.54. The van der Waals surface area contributed by atoms with E-state index >= 15 is 0 Å². The van der Waals surface area contributed by atoms with E-state index in [1.807, 2.05) is 0 Å². The maximum absolute atomic E-state index is 13.9. The molecule has 0 amide bonds. The molecule has 1 N–H and O–H groups in total. The summed E-state index contributed by atoms with van der Waals surface area (Å²) in [6.07, 6.45) is 3.42. The number of H-pyrrole nitrogens is 1. The molecule has 8 heteroatoms. The van der Waals surface area contributed by atoms with E-state index in [9.17, 15) is 4.39 Å². The lowest BCUT2D eigenvalue weighted by molar-refractivity contribution is -0.745. The number of hydrogen-bond donors (Lipinski definition) is 1. The van der Waals surface area contributed by atoms with Crippen molar-refractivity contribution in [2.24, 2.45) is 0 Å². The number of aromatic nitrogens is 6. The van der Waals surface area contributed by atoms with Gasteiger partial charge in [0.2, 0.25) is 12.7 Å². The fourth-order valence-corrected chi connectivity index (χ4v) is 2.47. The normalized spacial score (nSPS) is 11.1. The van der Waals surface area contributed by atoms with Crippen LogP contribution in [0.25, 0.3) is 22.4 Å². The van der Waals surface area contributed by atoms with E-state index in [2.05, 4.69) is 25.3 Å². The monoisotopic (exact) mass is 341 g/mol. The average Bonchev–Trinajstić information content (AvgIpc) is 3.00. The molecule has 0 aliphatic carbocycles. The summed E-state index contributed by atoms with van der Waals surface area (Å²) in [5, 5.41) is 12.4.